The van der Waals surface area contributed by atoms with Crippen molar-refractivity contribution in [1.82, 2.24) is 20.2 Å². The van der Waals surface area contributed by atoms with E-state index in [1.807, 2.05) is 6.07 Å². The first-order valence-corrected chi connectivity index (χ1v) is 7.47. The molecule has 0 aliphatic rings. The van der Waals surface area contributed by atoms with E-state index in [9.17, 15) is 4.79 Å². The number of carbonyl (C=O) groups excluding carboxylic acids is 1. The molecule has 0 spiro atoms. The van der Waals surface area contributed by atoms with Gasteiger partial charge in [-0.3, -0.25) is 4.79 Å². The third-order valence-corrected chi connectivity index (χ3v) is 3.41. The Bertz CT molecular complexity index is 882. The molecule has 8 heteroatoms. The molecule has 1 amide bonds. The Hall–Kier alpha value is -3.73. The van der Waals surface area contributed by atoms with Crippen LogP contribution >= 0.6 is 0 Å². The highest BCUT2D eigenvalue weighted by Gasteiger charge is 2.15. The molecule has 1 heterocycles. The van der Waals surface area contributed by atoms with E-state index >= 15 is 0 Å². The lowest BCUT2D eigenvalue weighted by molar-refractivity contribution is -0.122. The van der Waals surface area contributed by atoms with Gasteiger partial charge in [0.15, 0.2) is 6.10 Å². The van der Waals surface area contributed by atoms with Crippen molar-refractivity contribution < 1.29 is 9.53 Å². The van der Waals surface area contributed by atoms with Crippen molar-refractivity contribution in [3.05, 3.63) is 60.4 Å². The van der Waals surface area contributed by atoms with E-state index in [0.29, 0.717) is 17.0 Å². The molecule has 124 valence electrons. The summed E-state index contributed by atoms with van der Waals surface area (Å²) >= 11 is 0. The molecular weight excluding hydrogens is 320 g/mol. The Morgan fingerprint density at radius 3 is 2.52 bits per heavy atom. The lowest BCUT2D eigenvalue weighted by Crippen LogP contribution is -2.30. The fraction of sp³-hybridized carbons (Fsp3) is 0.118. The SMILES string of the molecule is CC(Oc1ccc(C#N)cc1)C(=O)Nc1ccc(-n2cnnn2)cc1. The molecule has 3 aromatic rings. The van der Waals surface area contributed by atoms with Gasteiger partial charge in [-0.05, 0) is 65.9 Å². The standard InChI is InChI=1S/C17H14N6O2/c1-12(25-16-8-2-13(10-18)3-9-16)17(24)20-14-4-6-15(7-5-14)23-11-19-21-22-23/h2-9,11-12H,1H3,(H,20,24). The average Bonchev–Trinajstić information content (AvgIpc) is 3.17. The van der Waals surface area contributed by atoms with Crippen molar-refractivity contribution in [2.45, 2.75) is 13.0 Å². The Morgan fingerprint density at radius 1 is 1.20 bits per heavy atom. The third-order valence-electron chi connectivity index (χ3n) is 3.41. The van der Waals surface area contributed by atoms with Gasteiger partial charge < -0.3 is 10.1 Å². The normalized spacial score (nSPS) is 11.4. The minimum Gasteiger partial charge on any atom is -0.481 e. The molecule has 1 aromatic heterocycles. The molecule has 0 saturated heterocycles. The summed E-state index contributed by atoms with van der Waals surface area (Å²) in [6, 6.07) is 15.7. The van der Waals surface area contributed by atoms with Gasteiger partial charge in [0, 0.05) is 5.69 Å². The molecule has 8 nitrogen and oxygen atoms in total. The van der Waals surface area contributed by atoms with Crippen molar-refractivity contribution >= 4 is 11.6 Å². The second kappa shape index (κ2) is 7.23. The first-order chi connectivity index (χ1) is 12.2. The van der Waals surface area contributed by atoms with Gasteiger partial charge in [-0.1, -0.05) is 0 Å². The fourth-order valence-electron chi connectivity index (χ4n) is 2.09. The largest absolute Gasteiger partial charge is 0.481 e. The number of hydrogen-bond donors (Lipinski definition) is 1. The van der Waals surface area contributed by atoms with E-state index in [2.05, 4.69) is 20.8 Å². The molecular formula is C17H14N6O2. The summed E-state index contributed by atoms with van der Waals surface area (Å²) in [5.74, 6) is 0.246. The zero-order valence-electron chi connectivity index (χ0n) is 13.3. The lowest BCUT2D eigenvalue weighted by Gasteiger charge is -2.15. The van der Waals surface area contributed by atoms with Crippen LogP contribution in [0.25, 0.3) is 5.69 Å². The number of nitriles is 1. The smallest absolute Gasteiger partial charge is 0.265 e. The van der Waals surface area contributed by atoms with Gasteiger partial charge in [-0.15, -0.1) is 5.10 Å². The van der Waals surface area contributed by atoms with Gasteiger partial charge in [-0.2, -0.15) is 5.26 Å². The Balaban J connectivity index is 1.60. The molecule has 2 aromatic carbocycles. The van der Waals surface area contributed by atoms with Gasteiger partial charge in [0.05, 0.1) is 17.3 Å². The molecule has 1 N–H and O–H groups in total. The number of benzene rings is 2. The predicted octanol–water partition coefficient (Wildman–Crippen LogP) is 1.94. The van der Waals surface area contributed by atoms with Crippen LogP contribution in [0.4, 0.5) is 5.69 Å². The average molecular weight is 334 g/mol. The monoisotopic (exact) mass is 334 g/mol. The number of tetrazole rings is 1. The van der Waals surface area contributed by atoms with Crippen LogP contribution < -0.4 is 10.1 Å². The van der Waals surface area contributed by atoms with E-state index < -0.39 is 6.10 Å². The highest BCUT2D eigenvalue weighted by Crippen LogP contribution is 2.15. The Morgan fingerprint density at radius 2 is 1.92 bits per heavy atom. The molecule has 1 atom stereocenters. The van der Waals surface area contributed by atoms with Crippen LogP contribution in [0.3, 0.4) is 0 Å². The number of nitrogens with zero attached hydrogens (tertiary/aromatic N) is 5. The number of anilines is 1. The minimum absolute atomic E-state index is 0.278. The maximum absolute atomic E-state index is 12.2. The summed E-state index contributed by atoms with van der Waals surface area (Å²) < 4.78 is 7.09. The van der Waals surface area contributed by atoms with E-state index in [4.69, 9.17) is 10.00 Å². The van der Waals surface area contributed by atoms with Gasteiger partial charge >= 0.3 is 0 Å². The number of nitrogens with one attached hydrogen (secondary N) is 1. The zero-order valence-corrected chi connectivity index (χ0v) is 13.3. The summed E-state index contributed by atoms with van der Waals surface area (Å²) in [4.78, 5) is 12.2. The zero-order chi connectivity index (χ0) is 17.6. The summed E-state index contributed by atoms with van der Waals surface area (Å²) in [5.41, 5.74) is 1.95. The fourth-order valence-corrected chi connectivity index (χ4v) is 2.09. The summed E-state index contributed by atoms with van der Waals surface area (Å²) in [5, 5.41) is 22.5. The number of amides is 1. The molecule has 0 aliphatic carbocycles. The number of rotatable bonds is 5. The number of aromatic nitrogens is 4. The van der Waals surface area contributed by atoms with Crippen molar-refractivity contribution in [1.29, 1.82) is 5.26 Å². The molecule has 0 radical (unpaired) electrons. The van der Waals surface area contributed by atoms with Crippen LogP contribution in [0.1, 0.15) is 12.5 Å². The van der Waals surface area contributed by atoms with Gasteiger partial charge in [0.2, 0.25) is 0 Å². The van der Waals surface area contributed by atoms with Crippen LogP contribution in [0, 0.1) is 11.3 Å². The quantitative estimate of drug-likeness (QED) is 0.764. The maximum Gasteiger partial charge on any atom is 0.265 e. The number of ether oxygens (including phenoxy) is 1. The maximum atomic E-state index is 12.2. The van der Waals surface area contributed by atoms with Crippen LogP contribution in [0.2, 0.25) is 0 Å². The van der Waals surface area contributed by atoms with E-state index in [0.717, 1.165) is 5.69 Å². The summed E-state index contributed by atoms with van der Waals surface area (Å²) in [6.07, 6.45) is 0.799. The second-order valence-corrected chi connectivity index (χ2v) is 5.19. The number of carbonyl (C=O) groups is 1. The molecule has 0 bridgehead atoms. The van der Waals surface area contributed by atoms with E-state index in [1.165, 1.54) is 11.0 Å². The summed E-state index contributed by atoms with van der Waals surface area (Å²) in [6.45, 7) is 1.66. The van der Waals surface area contributed by atoms with Crippen LogP contribution in [-0.2, 0) is 4.79 Å². The van der Waals surface area contributed by atoms with Crippen molar-refractivity contribution in [2.24, 2.45) is 0 Å². The van der Waals surface area contributed by atoms with Gasteiger partial charge in [0.25, 0.3) is 5.91 Å². The van der Waals surface area contributed by atoms with E-state index in [1.54, 1.807) is 55.5 Å². The molecule has 3 rings (SSSR count). The van der Waals surface area contributed by atoms with Gasteiger partial charge in [0.1, 0.15) is 12.1 Å². The molecule has 1 unspecified atom stereocenters. The van der Waals surface area contributed by atoms with Crippen molar-refractivity contribution in [2.75, 3.05) is 5.32 Å². The first kappa shape index (κ1) is 16.1. The predicted molar refractivity (Wildman–Crippen MR) is 89.0 cm³/mol. The van der Waals surface area contributed by atoms with Gasteiger partial charge in [-0.25, -0.2) is 4.68 Å². The minimum atomic E-state index is -0.688. The lowest BCUT2D eigenvalue weighted by atomic mass is 10.2. The number of hydrogen-bond acceptors (Lipinski definition) is 6. The topological polar surface area (TPSA) is 106 Å². The van der Waals surface area contributed by atoms with Crippen molar-refractivity contribution in [3.8, 4) is 17.5 Å². The molecule has 0 fully saturated rings. The van der Waals surface area contributed by atoms with E-state index in [-0.39, 0.29) is 5.91 Å². The molecule has 0 saturated carbocycles. The van der Waals surface area contributed by atoms with Crippen molar-refractivity contribution in [3.63, 3.8) is 0 Å². The highest BCUT2D eigenvalue weighted by atomic mass is 16.5. The Labute approximate surface area is 143 Å². The second-order valence-electron chi connectivity index (χ2n) is 5.19. The first-order valence-electron chi connectivity index (χ1n) is 7.47. The Kier molecular flexibility index (Phi) is 4.67. The van der Waals surface area contributed by atoms with Crippen LogP contribution in [0.15, 0.2) is 54.9 Å². The highest BCUT2D eigenvalue weighted by molar-refractivity contribution is 5.94. The summed E-state index contributed by atoms with van der Waals surface area (Å²) in [7, 11) is 0. The van der Waals surface area contributed by atoms with Crippen LogP contribution in [0.5, 0.6) is 5.75 Å². The molecule has 0 aliphatic heterocycles. The molecule has 25 heavy (non-hydrogen) atoms. The van der Waals surface area contributed by atoms with Crippen LogP contribution in [-0.4, -0.2) is 32.2 Å². The third kappa shape index (κ3) is 3.97.